The first-order chi connectivity index (χ1) is 22.2. The van der Waals surface area contributed by atoms with Crippen LogP contribution in [0.1, 0.15) is 55.8 Å². The standard InChI is InChI=1S/C39H45N5O/c1-42(27-11-4-12-28-43-29-13-14-30-43)39-40-36-20-10-9-19-35(36)38(41-37(45)26-21-31-15-5-2-6-16-31)44(39)34-24-22-33(23-25-34)32-17-7-3-8-18-32/h2-3,5-10,15-20,22-25,38H,4,11-14,21,26-30H2,1H3,(H,41,45). The molecule has 0 bridgehead atoms. The van der Waals surface area contributed by atoms with Crippen molar-refractivity contribution in [1.29, 1.82) is 0 Å². The van der Waals surface area contributed by atoms with Gasteiger partial charge in [0.2, 0.25) is 11.9 Å². The Morgan fingerprint density at radius 3 is 2.22 bits per heavy atom. The lowest BCUT2D eigenvalue weighted by atomic mass is 10.0. The molecule has 1 saturated heterocycles. The minimum atomic E-state index is -0.378. The van der Waals surface area contributed by atoms with Gasteiger partial charge in [0.05, 0.1) is 5.69 Å². The van der Waals surface area contributed by atoms with E-state index in [2.05, 4.69) is 99.9 Å². The van der Waals surface area contributed by atoms with Crippen LogP contribution in [0, 0.1) is 0 Å². The third kappa shape index (κ3) is 7.81. The van der Waals surface area contributed by atoms with E-state index in [1.165, 1.54) is 50.9 Å². The smallest absolute Gasteiger partial charge is 0.222 e. The van der Waals surface area contributed by atoms with E-state index in [0.717, 1.165) is 47.0 Å². The highest BCUT2D eigenvalue weighted by Gasteiger charge is 2.34. The van der Waals surface area contributed by atoms with Crippen LogP contribution in [0.4, 0.5) is 11.4 Å². The second-order valence-electron chi connectivity index (χ2n) is 12.2. The van der Waals surface area contributed by atoms with Crippen LogP contribution in [0.2, 0.25) is 0 Å². The van der Waals surface area contributed by atoms with Crippen molar-refractivity contribution in [1.82, 2.24) is 15.1 Å². The van der Waals surface area contributed by atoms with Crippen LogP contribution >= 0.6 is 0 Å². The maximum atomic E-state index is 13.5. The molecule has 1 unspecified atom stereocenters. The van der Waals surface area contributed by atoms with Crippen LogP contribution in [0.25, 0.3) is 11.1 Å². The fourth-order valence-corrected chi connectivity index (χ4v) is 6.45. The lowest BCUT2D eigenvalue weighted by Gasteiger charge is -2.41. The Balaban J connectivity index is 1.25. The number of anilines is 1. The van der Waals surface area contributed by atoms with Gasteiger partial charge in [-0.1, -0.05) is 97.4 Å². The van der Waals surface area contributed by atoms with Crippen LogP contribution in [0.3, 0.4) is 0 Å². The van der Waals surface area contributed by atoms with Gasteiger partial charge in [0.15, 0.2) is 0 Å². The summed E-state index contributed by atoms with van der Waals surface area (Å²) in [5.41, 5.74) is 6.40. The molecule has 2 heterocycles. The van der Waals surface area contributed by atoms with Crippen molar-refractivity contribution in [2.45, 2.75) is 51.1 Å². The van der Waals surface area contributed by atoms with Crippen molar-refractivity contribution >= 4 is 23.2 Å². The van der Waals surface area contributed by atoms with E-state index < -0.39 is 0 Å². The molecule has 0 spiro atoms. The number of carbonyl (C=O) groups excluding carboxylic acids is 1. The largest absolute Gasteiger partial charge is 0.345 e. The molecule has 1 fully saturated rings. The fourth-order valence-electron chi connectivity index (χ4n) is 6.45. The van der Waals surface area contributed by atoms with Gasteiger partial charge >= 0.3 is 0 Å². The van der Waals surface area contributed by atoms with E-state index in [4.69, 9.17) is 4.99 Å². The van der Waals surface area contributed by atoms with Crippen molar-refractivity contribution in [3.05, 3.63) is 120 Å². The Labute approximate surface area is 268 Å². The number of amides is 1. The van der Waals surface area contributed by atoms with Crippen LogP contribution in [-0.2, 0) is 11.2 Å². The number of aryl methyl sites for hydroxylation is 1. The molecule has 45 heavy (non-hydrogen) atoms. The van der Waals surface area contributed by atoms with E-state index in [0.29, 0.717) is 12.8 Å². The maximum absolute atomic E-state index is 13.5. The zero-order chi connectivity index (χ0) is 30.8. The number of fused-ring (bicyclic) bond motifs is 1. The summed E-state index contributed by atoms with van der Waals surface area (Å²) in [6.07, 6.45) is 6.95. The minimum Gasteiger partial charge on any atom is -0.345 e. The van der Waals surface area contributed by atoms with Gasteiger partial charge in [-0.05, 0) is 86.6 Å². The second kappa shape index (κ2) is 15.0. The number of nitrogens with zero attached hydrogens (tertiary/aromatic N) is 4. The number of likely N-dealkylation sites (tertiary alicyclic amines) is 1. The molecule has 232 valence electrons. The molecule has 1 N–H and O–H groups in total. The highest BCUT2D eigenvalue weighted by atomic mass is 16.1. The van der Waals surface area contributed by atoms with E-state index in [9.17, 15) is 4.79 Å². The Kier molecular flexibility index (Phi) is 10.2. The summed E-state index contributed by atoms with van der Waals surface area (Å²) >= 11 is 0. The Bertz CT molecular complexity index is 1550. The summed E-state index contributed by atoms with van der Waals surface area (Å²) in [4.78, 5) is 25.8. The van der Waals surface area contributed by atoms with Gasteiger partial charge in [-0.25, -0.2) is 4.99 Å². The van der Waals surface area contributed by atoms with E-state index in [-0.39, 0.29) is 12.1 Å². The van der Waals surface area contributed by atoms with E-state index in [1.54, 1.807) is 0 Å². The molecule has 0 saturated carbocycles. The first-order valence-electron chi connectivity index (χ1n) is 16.5. The number of nitrogens with one attached hydrogen (secondary N) is 1. The third-order valence-electron chi connectivity index (χ3n) is 8.97. The monoisotopic (exact) mass is 599 g/mol. The van der Waals surface area contributed by atoms with Gasteiger partial charge in [0.25, 0.3) is 0 Å². The second-order valence-corrected chi connectivity index (χ2v) is 12.2. The number of hydrogen-bond donors (Lipinski definition) is 1. The highest BCUT2D eigenvalue weighted by Crippen LogP contribution is 2.38. The quantitative estimate of drug-likeness (QED) is 0.169. The normalized spacial score (nSPS) is 16.2. The summed E-state index contributed by atoms with van der Waals surface area (Å²) in [6.45, 7) is 4.61. The average Bonchev–Trinajstić information content (AvgIpc) is 3.62. The molecule has 0 aromatic heterocycles. The van der Waals surface area contributed by atoms with Crippen LogP contribution in [0.5, 0.6) is 0 Å². The van der Waals surface area contributed by atoms with Crippen molar-refractivity contribution in [2.75, 3.05) is 38.1 Å². The number of aliphatic imine (C=N–C) groups is 1. The molecular weight excluding hydrogens is 554 g/mol. The highest BCUT2D eigenvalue weighted by molar-refractivity contribution is 6.01. The fraction of sp³-hybridized carbons (Fsp3) is 0.333. The topological polar surface area (TPSA) is 51.2 Å². The zero-order valence-electron chi connectivity index (χ0n) is 26.4. The molecule has 0 aliphatic carbocycles. The Morgan fingerprint density at radius 2 is 1.47 bits per heavy atom. The van der Waals surface area contributed by atoms with Crippen LogP contribution in [0.15, 0.2) is 114 Å². The Morgan fingerprint density at radius 1 is 0.800 bits per heavy atom. The first kappa shape index (κ1) is 30.6. The Hall–Kier alpha value is -4.42. The summed E-state index contributed by atoms with van der Waals surface area (Å²) in [5, 5.41) is 3.41. The van der Waals surface area contributed by atoms with Gasteiger partial charge in [0, 0.05) is 31.3 Å². The van der Waals surface area contributed by atoms with Crippen molar-refractivity contribution in [2.24, 2.45) is 4.99 Å². The van der Waals surface area contributed by atoms with Gasteiger partial charge < -0.3 is 15.1 Å². The first-order valence-corrected chi connectivity index (χ1v) is 16.5. The van der Waals surface area contributed by atoms with Gasteiger partial charge in [-0.3, -0.25) is 9.69 Å². The van der Waals surface area contributed by atoms with E-state index in [1.807, 2.05) is 36.4 Å². The SMILES string of the molecule is CN(CCCCCN1CCCC1)C1=Nc2ccccc2C(NC(=O)CCc2ccccc2)N1c1ccc(-c2ccccc2)cc1. The van der Waals surface area contributed by atoms with E-state index >= 15 is 0 Å². The predicted octanol–water partition coefficient (Wildman–Crippen LogP) is 7.81. The lowest BCUT2D eigenvalue weighted by molar-refractivity contribution is -0.121. The van der Waals surface area contributed by atoms with Crippen LogP contribution < -0.4 is 10.2 Å². The van der Waals surface area contributed by atoms with Gasteiger partial charge in [-0.2, -0.15) is 0 Å². The third-order valence-corrected chi connectivity index (χ3v) is 8.97. The molecule has 1 atom stereocenters. The number of guanidine groups is 1. The molecule has 1 amide bonds. The molecule has 0 radical (unpaired) electrons. The zero-order valence-corrected chi connectivity index (χ0v) is 26.4. The summed E-state index contributed by atoms with van der Waals surface area (Å²) in [6, 6.07) is 37.5. The number of carbonyl (C=O) groups is 1. The molecule has 2 aliphatic rings. The molecule has 4 aromatic rings. The molecule has 6 nitrogen and oxygen atoms in total. The molecule has 2 aliphatic heterocycles. The summed E-state index contributed by atoms with van der Waals surface area (Å²) in [5.74, 6) is 0.879. The predicted molar refractivity (Wildman–Crippen MR) is 186 cm³/mol. The van der Waals surface area contributed by atoms with Gasteiger partial charge in [0.1, 0.15) is 6.17 Å². The molecule has 4 aromatic carbocycles. The maximum Gasteiger partial charge on any atom is 0.222 e. The lowest BCUT2D eigenvalue weighted by Crippen LogP contribution is -2.52. The van der Waals surface area contributed by atoms with Crippen molar-refractivity contribution in [3.8, 4) is 11.1 Å². The number of para-hydroxylation sites is 1. The molecule has 6 heteroatoms. The van der Waals surface area contributed by atoms with Crippen molar-refractivity contribution in [3.63, 3.8) is 0 Å². The average molecular weight is 600 g/mol. The summed E-state index contributed by atoms with van der Waals surface area (Å²) in [7, 11) is 2.13. The molecule has 6 rings (SSSR count). The number of benzene rings is 4. The minimum absolute atomic E-state index is 0.0235. The van der Waals surface area contributed by atoms with Gasteiger partial charge in [-0.15, -0.1) is 0 Å². The molecular formula is C39H45N5O. The van der Waals surface area contributed by atoms with Crippen molar-refractivity contribution < 1.29 is 4.79 Å². The summed E-state index contributed by atoms with van der Waals surface area (Å²) < 4.78 is 0. The number of hydrogen-bond acceptors (Lipinski definition) is 5. The number of rotatable bonds is 12. The number of unbranched alkanes of at least 4 members (excludes halogenated alkanes) is 2. The van der Waals surface area contributed by atoms with Crippen LogP contribution in [-0.4, -0.2) is 54.9 Å².